The summed E-state index contributed by atoms with van der Waals surface area (Å²) in [5.74, 6) is 8.71. The van der Waals surface area contributed by atoms with Gasteiger partial charge < -0.3 is 4.74 Å². The van der Waals surface area contributed by atoms with Gasteiger partial charge in [0.2, 0.25) is 0 Å². The van der Waals surface area contributed by atoms with Crippen molar-refractivity contribution in [2.24, 2.45) is 47.3 Å². The van der Waals surface area contributed by atoms with Crippen LogP contribution >= 0.6 is 0 Å². The van der Waals surface area contributed by atoms with Gasteiger partial charge >= 0.3 is 0 Å². The van der Waals surface area contributed by atoms with E-state index < -0.39 is 0 Å². The van der Waals surface area contributed by atoms with Crippen molar-refractivity contribution in [3.05, 3.63) is 0 Å². The van der Waals surface area contributed by atoms with Crippen LogP contribution in [0.25, 0.3) is 0 Å². The molecule has 6 fully saturated rings. The Bertz CT molecular complexity index is 443. The second-order valence-electron chi connectivity index (χ2n) is 9.41. The Kier molecular flexibility index (Phi) is 2.52. The summed E-state index contributed by atoms with van der Waals surface area (Å²) in [7, 11) is 0. The molecule has 0 radical (unpaired) electrons. The lowest BCUT2D eigenvalue weighted by Gasteiger charge is -2.62. The van der Waals surface area contributed by atoms with Crippen molar-refractivity contribution in [2.45, 2.75) is 76.4 Å². The van der Waals surface area contributed by atoms with Gasteiger partial charge in [-0.15, -0.1) is 0 Å². The maximum absolute atomic E-state index is 6.23. The number of rotatable bonds is 0. The van der Waals surface area contributed by atoms with Crippen LogP contribution in [0.4, 0.5) is 0 Å². The summed E-state index contributed by atoms with van der Waals surface area (Å²) in [6.45, 7) is 0. The zero-order chi connectivity index (χ0) is 13.6. The fourth-order valence-corrected chi connectivity index (χ4v) is 8.57. The van der Waals surface area contributed by atoms with Crippen LogP contribution in [0.5, 0.6) is 0 Å². The predicted octanol–water partition coefficient (Wildman–Crippen LogP) is 4.65. The summed E-state index contributed by atoms with van der Waals surface area (Å²) in [5, 5.41) is 0. The van der Waals surface area contributed by atoms with Crippen LogP contribution in [0.1, 0.15) is 64.2 Å². The van der Waals surface area contributed by atoms with E-state index in [1.807, 2.05) is 0 Å². The Morgan fingerprint density at radius 1 is 0.571 bits per heavy atom. The van der Waals surface area contributed by atoms with Crippen LogP contribution in [-0.4, -0.2) is 12.2 Å². The van der Waals surface area contributed by atoms with Crippen LogP contribution in [0.3, 0.4) is 0 Å². The summed E-state index contributed by atoms with van der Waals surface area (Å²) in [5.41, 5.74) is 0. The first-order valence-corrected chi connectivity index (χ1v) is 10.1. The summed E-state index contributed by atoms with van der Waals surface area (Å²) < 4.78 is 6.23. The van der Waals surface area contributed by atoms with Crippen LogP contribution in [0, 0.1) is 47.3 Å². The molecule has 1 heterocycles. The normalized spacial score (nSPS) is 64.0. The molecule has 21 heavy (non-hydrogen) atoms. The molecule has 0 bridgehead atoms. The lowest BCUT2D eigenvalue weighted by atomic mass is 9.42. The third-order valence-electron chi connectivity index (χ3n) is 8.93. The van der Waals surface area contributed by atoms with Crippen molar-refractivity contribution in [3.63, 3.8) is 0 Å². The second kappa shape index (κ2) is 4.28. The van der Waals surface area contributed by atoms with E-state index >= 15 is 0 Å². The Morgan fingerprint density at radius 3 is 2.05 bits per heavy atom. The lowest BCUT2D eigenvalue weighted by Crippen LogP contribution is -2.57. The van der Waals surface area contributed by atoms with Crippen molar-refractivity contribution in [1.29, 1.82) is 0 Å². The minimum Gasteiger partial charge on any atom is -0.369 e. The first kappa shape index (κ1) is 12.4. The van der Waals surface area contributed by atoms with Gasteiger partial charge in [0.1, 0.15) is 0 Å². The summed E-state index contributed by atoms with van der Waals surface area (Å²) in [6.07, 6.45) is 16.9. The van der Waals surface area contributed by atoms with E-state index in [2.05, 4.69) is 0 Å². The Labute approximate surface area is 129 Å². The monoisotopic (exact) mass is 286 g/mol. The lowest BCUT2D eigenvalue weighted by molar-refractivity contribution is -0.133. The molecular weight excluding hydrogens is 256 g/mol. The first-order valence-electron chi connectivity index (χ1n) is 10.1. The van der Waals surface area contributed by atoms with E-state index in [0.717, 1.165) is 53.4 Å². The molecule has 0 aromatic carbocycles. The third-order valence-corrected chi connectivity index (χ3v) is 8.93. The van der Waals surface area contributed by atoms with Gasteiger partial charge in [-0.05, 0) is 73.0 Å². The smallest absolute Gasteiger partial charge is 0.0875 e. The molecule has 5 saturated carbocycles. The minimum atomic E-state index is 0.704. The average Bonchev–Trinajstić information content (AvgIpc) is 3.30. The van der Waals surface area contributed by atoms with Crippen molar-refractivity contribution in [2.75, 3.05) is 0 Å². The molecule has 1 saturated heterocycles. The predicted molar refractivity (Wildman–Crippen MR) is 82.8 cm³/mol. The highest BCUT2D eigenvalue weighted by atomic mass is 16.6. The fraction of sp³-hybridized carbons (Fsp3) is 1.00. The van der Waals surface area contributed by atoms with E-state index in [0.29, 0.717) is 6.10 Å². The molecule has 10 unspecified atom stereocenters. The first-order chi connectivity index (χ1) is 10.4. The van der Waals surface area contributed by atoms with Crippen LogP contribution in [0.2, 0.25) is 0 Å². The standard InChI is InChI=1S/C20H30O/c1-4-11-5-2-9-15-17(11)13(7-1)14-8-3-6-12-10-16-20(21-16)19(15)18(12)14/h11-20H,1-10H2. The van der Waals surface area contributed by atoms with Gasteiger partial charge in [0.05, 0.1) is 12.2 Å². The quantitative estimate of drug-likeness (QED) is 0.590. The molecular formula is C20H30O. The second-order valence-corrected chi connectivity index (χ2v) is 9.41. The molecule has 0 N–H and O–H groups in total. The van der Waals surface area contributed by atoms with Crippen molar-refractivity contribution < 1.29 is 4.74 Å². The van der Waals surface area contributed by atoms with E-state index in [-0.39, 0.29) is 0 Å². The average molecular weight is 286 g/mol. The Morgan fingerprint density at radius 2 is 1.24 bits per heavy atom. The highest BCUT2D eigenvalue weighted by molar-refractivity contribution is 5.13. The number of fused-ring (bicyclic) bond motifs is 4. The molecule has 1 nitrogen and oxygen atoms in total. The molecule has 6 rings (SSSR count). The van der Waals surface area contributed by atoms with E-state index in [4.69, 9.17) is 4.74 Å². The molecule has 10 atom stereocenters. The summed E-state index contributed by atoms with van der Waals surface area (Å²) in [4.78, 5) is 0. The largest absolute Gasteiger partial charge is 0.369 e. The maximum Gasteiger partial charge on any atom is 0.0875 e. The molecule has 6 aliphatic rings. The van der Waals surface area contributed by atoms with E-state index in [1.54, 1.807) is 38.5 Å². The zero-order valence-corrected chi connectivity index (χ0v) is 13.3. The van der Waals surface area contributed by atoms with Crippen LogP contribution in [-0.2, 0) is 4.74 Å². The summed E-state index contributed by atoms with van der Waals surface area (Å²) in [6, 6.07) is 0. The van der Waals surface area contributed by atoms with Gasteiger partial charge in [0, 0.05) is 0 Å². The topological polar surface area (TPSA) is 12.5 Å². The van der Waals surface area contributed by atoms with Crippen molar-refractivity contribution >= 4 is 0 Å². The number of hydrogen-bond acceptors (Lipinski definition) is 1. The van der Waals surface area contributed by atoms with E-state index in [9.17, 15) is 0 Å². The molecule has 0 spiro atoms. The minimum absolute atomic E-state index is 0.704. The third kappa shape index (κ3) is 1.57. The highest BCUT2D eigenvalue weighted by Crippen LogP contribution is 2.67. The maximum atomic E-state index is 6.23. The van der Waals surface area contributed by atoms with Gasteiger partial charge in [-0.2, -0.15) is 0 Å². The SMILES string of the molecule is C1CC2CCCC3C2C(C1)C1CCCC2CC4OC4C3C21. The van der Waals surface area contributed by atoms with E-state index in [1.165, 1.54) is 25.7 Å². The van der Waals surface area contributed by atoms with Crippen molar-refractivity contribution in [3.8, 4) is 0 Å². The molecule has 1 heteroatoms. The fourth-order valence-electron chi connectivity index (χ4n) is 8.57. The van der Waals surface area contributed by atoms with Gasteiger partial charge in [0.25, 0.3) is 0 Å². The highest BCUT2D eigenvalue weighted by Gasteiger charge is 2.65. The molecule has 0 amide bonds. The Balaban J connectivity index is 1.45. The zero-order valence-electron chi connectivity index (χ0n) is 13.3. The van der Waals surface area contributed by atoms with Crippen molar-refractivity contribution in [1.82, 2.24) is 0 Å². The van der Waals surface area contributed by atoms with Crippen LogP contribution < -0.4 is 0 Å². The molecule has 116 valence electrons. The molecule has 1 aliphatic heterocycles. The molecule has 5 aliphatic carbocycles. The number of epoxide rings is 1. The van der Waals surface area contributed by atoms with Gasteiger partial charge in [0.15, 0.2) is 0 Å². The van der Waals surface area contributed by atoms with Crippen LogP contribution in [0.15, 0.2) is 0 Å². The molecule has 0 aromatic rings. The number of hydrogen-bond donors (Lipinski definition) is 0. The van der Waals surface area contributed by atoms with Gasteiger partial charge in [-0.1, -0.05) is 38.5 Å². The Hall–Kier alpha value is -0.0400. The molecule has 0 aromatic heterocycles. The van der Waals surface area contributed by atoms with Gasteiger partial charge in [-0.3, -0.25) is 0 Å². The summed E-state index contributed by atoms with van der Waals surface area (Å²) >= 11 is 0. The number of ether oxygens (including phenoxy) is 1. The van der Waals surface area contributed by atoms with Gasteiger partial charge in [-0.25, -0.2) is 0 Å².